The molecular formula is C16H21ClFNO2. The first-order valence-electron chi connectivity index (χ1n) is 7.27. The van der Waals surface area contributed by atoms with E-state index in [1.165, 1.54) is 12.1 Å². The topological polar surface area (TPSA) is 29.5 Å². The molecule has 5 heteroatoms. The van der Waals surface area contributed by atoms with Gasteiger partial charge in [0.05, 0.1) is 23.8 Å². The van der Waals surface area contributed by atoms with Crippen molar-refractivity contribution >= 4 is 17.4 Å². The Morgan fingerprint density at radius 3 is 2.67 bits per heavy atom. The number of carbonyl (C=O) groups excluding carboxylic acids is 1. The Hall–Kier alpha value is -0.970. The van der Waals surface area contributed by atoms with Crippen LogP contribution >= 0.6 is 11.6 Å². The van der Waals surface area contributed by atoms with Gasteiger partial charge in [0.2, 0.25) is 0 Å². The van der Waals surface area contributed by atoms with Gasteiger partial charge in [-0.15, -0.1) is 0 Å². The predicted molar refractivity (Wildman–Crippen MR) is 81.2 cm³/mol. The SMILES string of the molecule is CCC(C)(C(=O)Cc1ccc(F)c(Cl)c1)N1CCOCC1. The minimum atomic E-state index is -0.509. The van der Waals surface area contributed by atoms with Crippen molar-refractivity contribution in [1.82, 2.24) is 4.90 Å². The number of halogens is 2. The lowest BCUT2D eigenvalue weighted by atomic mass is 9.87. The smallest absolute Gasteiger partial charge is 0.157 e. The van der Waals surface area contributed by atoms with E-state index in [9.17, 15) is 9.18 Å². The molecule has 1 fully saturated rings. The van der Waals surface area contributed by atoms with Crippen molar-refractivity contribution in [2.75, 3.05) is 26.3 Å². The zero-order valence-electron chi connectivity index (χ0n) is 12.5. The average Bonchev–Trinajstić information content (AvgIpc) is 2.51. The van der Waals surface area contributed by atoms with Crippen molar-refractivity contribution in [3.05, 3.63) is 34.6 Å². The number of ketones is 1. The molecule has 0 spiro atoms. The third kappa shape index (κ3) is 3.62. The first-order valence-corrected chi connectivity index (χ1v) is 7.65. The van der Waals surface area contributed by atoms with Crippen LogP contribution in [0.1, 0.15) is 25.8 Å². The van der Waals surface area contributed by atoms with Crippen LogP contribution in [0.3, 0.4) is 0 Å². The molecule has 0 amide bonds. The molecule has 2 rings (SSSR count). The molecule has 21 heavy (non-hydrogen) atoms. The standard InChI is InChI=1S/C16H21ClFNO2/c1-3-16(2,19-6-8-21-9-7-19)15(20)11-12-4-5-14(18)13(17)10-12/h4-5,10H,3,6-9,11H2,1-2H3. The quantitative estimate of drug-likeness (QED) is 0.836. The predicted octanol–water partition coefficient (Wildman–Crippen LogP) is 3.09. The molecule has 1 aromatic rings. The number of hydrogen-bond donors (Lipinski definition) is 0. The number of Topliss-reactive ketones (excluding diaryl/α,β-unsaturated/α-hetero) is 1. The number of ether oxygens (including phenoxy) is 1. The van der Waals surface area contributed by atoms with E-state index < -0.39 is 11.4 Å². The van der Waals surface area contributed by atoms with Crippen LogP contribution in [-0.4, -0.2) is 42.5 Å². The van der Waals surface area contributed by atoms with Gasteiger partial charge in [-0.05, 0) is 31.0 Å². The number of benzene rings is 1. The van der Waals surface area contributed by atoms with E-state index in [0.29, 0.717) is 13.2 Å². The van der Waals surface area contributed by atoms with Crippen LogP contribution in [0.5, 0.6) is 0 Å². The van der Waals surface area contributed by atoms with Gasteiger partial charge in [-0.25, -0.2) is 4.39 Å². The first-order chi connectivity index (χ1) is 9.97. The summed E-state index contributed by atoms with van der Waals surface area (Å²) in [7, 11) is 0. The van der Waals surface area contributed by atoms with Crippen molar-refractivity contribution in [3.8, 4) is 0 Å². The molecule has 0 N–H and O–H groups in total. The maximum Gasteiger partial charge on any atom is 0.157 e. The zero-order valence-corrected chi connectivity index (χ0v) is 13.3. The van der Waals surface area contributed by atoms with Crippen LogP contribution in [0.15, 0.2) is 18.2 Å². The molecule has 1 heterocycles. The lowest BCUT2D eigenvalue weighted by molar-refractivity contribution is -0.133. The fourth-order valence-electron chi connectivity index (χ4n) is 2.68. The number of hydrogen-bond acceptors (Lipinski definition) is 3. The number of carbonyl (C=O) groups is 1. The van der Waals surface area contributed by atoms with Gasteiger partial charge < -0.3 is 4.74 Å². The molecule has 1 aromatic carbocycles. The van der Waals surface area contributed by atoms with Crippen LogP contribution in [0.25, 0.3) is 0 Å². The summed E-state index contributed by atoms with van der Waals surface area (Å²) in [5, 5.41) is 0.0601. The second-order valence-corrected chi connectivity index (χ2v) is 5.98. The van der Waals surface area contributed by atoms with E-state index in [2.05, 4.69) is 4.90 Å². The largest absolute Gasteiger partial charge is 0.379 e. The molecule has 0 saturated carbocycles. The Morgan fingerprint density at radius 2 is 2.10 bits per heavy atom. The van der Waals surface area contributed by atoms with E-state index in [1.54, 1.807) is 6.07 Å². The Balaban J connectivity index is 2.13. The second-order valence-electron chi connectivity index (χ2n) is 5.58. The second kappa shape index (κ2) is 6.86. The average molecular weight is 314 g/mol. The number of morpholine rings is 1. The lowest BCUT2D eigenvalue weighted by Gasteiger charge is -2.41. The van der Waals surface area contributed by atoms with Gasteiger partial charge in [-0.2, -0.15) is 0 Å². The summed E-state index contributed by atoms with van der Waals surface area (Å²) in [5.74, 6) is -0.325. The van der Waals surface area contributed by atoms with Gasteiger partial charge in [0.1, 0.15) is 5.82 Å². The molecule has 1 aliphatic rings. The minimum Gasteiger partial charge on any atom is -0.379 e. The van der Waals surface area contributed by atoms with E-state index >= 15 is 0 Å². The summed E-state index contributed by atoms with van der Waals surface area (Å²) in [6.07, 6.45) is 1.00. The minimum absolute atomic E-state index is 0.0601. The lowest BCUT2D eigenvalue weighted by Crippen LogP contribution is -2.56. The maximum absolute atomic E-state index is 13.2. The van der Waals surface area contributed by atoms with Crippen molar-refractivity contribution in [1.29, 1.82) is 0 Å². The molecule has 1 saturated heterocycles. The Morgan fingerprint density at radius 1 is 1.43 bits per heavy atom. The van der Waals surface area contributed by atoms with Crippen LogP contribution in [0.2, 0.25) is 5.02 Å². The van der Waals surface area contributed by atoms with E-state index in [-0.39, 0.29) is 17.2 Å². The number of rotatable bonds is 5. The molecule has 0 radical (unpaired) electrons. The molecule has 1 atom stereocenters. The first kappa shape index (κ1) is 16.4. The third-order valence-electron chi connectivity index (χ3n) is 4.35. The summed E-state index contributed by atoms with van der Waals surface area (Å²) in [6, 6.07) is 4.46. The summed E-state index contributed by atoms with van der Waals surface area (Å²) >= 11 is 5.78. The monoisotopic (exact) mass is 313 g/mol. The van der Waals surface area contributed by atoms with Gasteiger partial charge in [0, 0.05) is 19.5 Å². The van der Waals surface area contributed by atoms with E-state index in [1.807, 2.05) is 13.8 Å². The molecule has 0 aliphatic carbocycles. The highest BCUT2D eigenvalue weighted by Crippen LogP contribution is 2.25. The molecule has 3 nitrogen and oxygen atoms in total. The highest BCUT2D eigenvalue weighted by Gasteiger charge is 2.37. The van der Waals surface area contributed by atoms with Gasteiger partial charge in [-0.3, -0.25) is 9.69 Å². The molecule has 1 aliphatic heterocycles. The normalized spacial score (nSPS) is 19.2. The molecule has 0 bridgehead atoms. The highest BCUT2D eigenvalue weighted by atomic mass is 35.5. The van der Waals surface area contributed by atoms with Crippen molar-refractivity contribution in [3.63, 3.8) is 0 Å². The Bertz CT molecular complexity index is 517. The molecule has 116 valence electrons. The summed E-state index contributed by atoms with van der Waals surface area (Å²) in [5.41, 5.74) is 0.240. The van der Waals surface area contributed by atoms with Gasteiger partial charge in [-0.1, -0.05) is 24.6 Å². The highest BCUT2D eigenvalue weighted by molar-refractivity contribution is 6.30. The van der Waals surface area contributed by atoms with Crippen molar-refractivity contribution in [2.45, 2.75) is 32.2 Å². The number of nitrogens with zero attached hydrogens (tertiary/aromatic N) is 1. The van der Waals surface area contributed by atoms with Gasteiger partial charge >= 0.3 is 0 Å². The summed E-state index contributed by atoms with van der Waals surface area (Å²) in [4.78, 5) is 14.9. The van der Waals surface area contributed by atoms with E-state index in [0.717, 1.165) is 25.1 Å². The Kier molecular flexibility index (Phi) is 5.36. The van der Waals surface area contributed by atoms with E-state index in [4.69, 9.17) is 16.3 Å². The van der Waals surface area contributed by atoms with Crippen LogP contribution < -0.4 is 0 Å². The van der Waals surface area contributed by atoms with Crippen LogP contribution in [0.4, 0.5) is 4.39 Å². The van der Waals surface area contributed by atoms with Crippen molar-refractivity contribution < 1.29 is 13.9 Å². The van der Waals surface area contributed by atoms with Crippen LogP contribution in [0, 0.1) is 5.82 Å². The third-order valence-corrected chi connectivity index (χ3v) is 4.64. The molecule has 0 aromatic heterocycles. The molecular weight excluding hydrogens is 293 g/mol. The zero-order chi connectivity index (χ0) is 15.5. The molecule has 1 unspecified atom stereocenters. The fourth-order valence-corrected chi connectivity index (χ4v) is 2.88. The van der Waals surface area contributed by atoms with Gasteiger partial charge in [0.25, 0.3) is 0 Å². The maximum atomic E-state index is 13.2. The van der Waals surface area contributed by atoms with Crippen molar-refractivity contribution in [2.24, 2.45) is 0 Å². The summed E-state index contributed by atoms with van der Waals surface area (Å²) in [6.45, 7) is 6.84. The summed E-state index contributed by atoms with van der Waals surface area (Å²) < 4.78 is 18.5. The van der Waals surface area contributed by atoms with Gasteiger partial charge in [0.15, 0.2) is 5.78 Å². The Labute approximate surface area is 130 Å². The fraction of sp³-hybridized carbons (Fsp3) is 0.562. The van der Waals surface area contributed by atoms with Crippen LogP contribution in [-0.2, 0) is 16.0 Å².